The summed E-state index contributed by atoms with van der Waals surface area (Å²) in [5.74, 6) is 0.147. The van der Waals surface area contributed by atoms with E-state index in [4.69, 9.17) is 4.74 Å². The molecule has 2 aromatic carbocycles. The first-order valence-corrected chi connectivity index (χ1v) is 10.5. The second-order valence-corrected chi connectivity index (χ2v) is 8.91. The molecule has 0 saturated heterocycles. The van der Waals surface area contributed by atoms with E-state index in [9.17, 15) is 13.2 Å². The zero-order valence-electron chi connectivity index (χ0n) is 14.1. The van der Waals surface area contributed by atoms with E-state index in [2.05, 4.69) is 15.9 Å². The lowest BCUT2D eigenvalue weighted by molar-refractivity contribution is -0.120. The molecule has 0 fully saturated rings. The first kappa shape index (κ1) is 18.7. The number of hydrogen-bond donors (Lipinski definition) is 0. The lowest BCUT2D eigenvalue weighted by Crippen LogP contribution is -2.43. The third-order valence-corrected chi connectivity index (χ3v) is 5.91. The molecule has 3 rings (SSSR count). The normalized spacial score (nSPS) is 17.8. The summed E-state index contributed by atoms with van der Waals surface area (Å²) in [5.41, 5.74) is 1.70. The molecule has 1 heterocycles. The predicted octanol–water partition coefficient (Wildman–Crippen LogP) is 3.48. The van der Waals surface area contributed by atoms with Crippen LogP contribution in [0.4, 0.5) is 5.69 Å². The number of halogens is 1. The van der Waals surface area contributed by atoms with Crippen LogP contribution in [0.1, 0.15) is 5.56 Å². The molecule has 0 spiro atoms. The van der Waals surface area contributed by atoms with Crippen molar-refractivity contribution in [3.8, 4) is 5.75 Å². The quantitative estimate of drug-likeness (QED) is 0.720. The highest BCUT2D eigenvalue weighted by molar-refractivity contribution is 9.10. The van der Waals surface area contributed by atoms with Gasteiger partial charge < -0.3 is 9.64 Å². The van der Waals surface area contributed by atoms with Crippen LogP contribution in [-0.2, 0) is 14.6 Å². The molecule has 0 saturated carbocycles. The number of amides is 1. The van der Waals surface area contributed by atoms with E-state index in [0.717, 1.165) is 10.0 Å². The highest BCUT2D eigenvalue weighted by Gasteiger charge is 2.31. The summed E-state index contributed by atoms with van der Waals surface area (Å²) in [5, 5.41) is 1.17. The maximum absolute atomic E-state index is 12.8. The van der Waals surface area contributed by atoms with Gasteiger partial charge in [0.15, 0.2) is 16.4 Å². The van der Waals surface area contributed by atoms with Gasteiger partial charge >= 0.3 is 0 Å². The zero-order chi connectivity index (χ0) is 18.7. The highest BCUT2D eigenvalue weighted by Crippen LogP contribution is 2.24. The van der Waals surface area contributed by atoms with Crippen molar-refractivity contribution < 1.29 is 17.9 Å². The van der Waals surface area contributed by atoms with Crippen LogP contribution in [0.3, 0.4) is 0 Å². The van der Waals surface area contributed by atoms with E-state index in [1.807, 2.05) is 43.3 Å². The van der Waals surface area contributed by atoms with Crippen LogP contribution in [0.25, 0.3) is 0 Å². The number of ether oxygens (including phenoxy) is 1. The maximum atomic E-state index is 12.8. The monoisotopic (exact) mass is 435 g/mol. The van der Waals surface area contributed by atoms with Crippen molar-refractivity contribution in [2.24, 2.45) is 0 Å². The Labute approximate surface area is 161 Å². The molecule has 7 heteroatoms. The van der Waals surface area contributed by atoms with E-state index >= 15 is 0 Å². The largest absolute Gasteiger partial charge is 0.484 e. The summed E-state index contributed by atoms with van der Waals surface area (Å²) in [6.45, 7) is 1.77. The average molecular weight is 436 g/mol. The van der Waals surface area contributed by atoms with E-state index in [0.29, 0.717) is 11.4 Å². The molecule has 0 aliphatic carbocycles. The summed E-state index contributed by atoms with van der Waals surface area (Å²) in [7, 11) is -3.28. The number of carbonyl (C=O) groups is 1. The summed E-state index contributed by atoms with van der Waals surface area (Å²) < 4.78 is 30.1. The second-order valence-electron chi connectivity index (χ2n) is 6.07. The standard InChI is InChI=1S/C19H18BrNO4S/c1-14-2-6-16(7-3-14)21(17-10-11-26(23,24)13-17)19(22)12-25-18-8-4-15(20)5-9-18/h2-11,17H,12-13H2,1H3/t17-/m1/s1. The van der Waals surface area contributed by atoms with Crippen LogP contribution in [-0.4, -0.2) is 32.7 Å². The summed E-state index contributed by atoms with van der Waals surface area (Å²) in [4.78, 5) is 14.3. The Morgan fingerprint density at radius 3 is 2.38 bits per heavy atom. The minimum absolute atomic E-state index is 0.120. The van der Waals surface area contributed by atoms with E-state index in [-0.39, 0.29) is 18.3 Å². The van der Waals surface area contributed by atoms with Crippen molar-refractivity contribution >= 4 is 37.4 Å². The number of benzene rings is 2. The molecule has 0 radical (unpaired) electrons. The van der Waals surface area contributed by atoms with Gasteiger partial charge in [-0.1, -0.05) is 33.6 Å². The Bertz CT molecular complexity index is 921. The van der Waals surface area contributed by atoms with Gasteiger partial charge in [-0.05, 0) is 49.4 Å². The van der Waals surface area contributed by atoms with Crippen LogP contribution >= 0.6 is 15.9 Å². The summed E-state index contributed by atoms with van der Waals surface area (Å²) in [6.07, 6.45) is 1.55. The zero-order valence-corrected chi connectivity index (χ0v) is 16.5. The van der Waals surface area contributed by atoms with Crippen molar-refractivity contribution in [1.29, 1.82) is 0 Å². The Morgan fingerprint density at radius 1 is 1.15 bits per heavy atom. The second kappa shape index (κ2) is 7.63. The number of aryl methyl sites for hydroxylation is 1. The smallest absolute Gasteiger partial charge is 0.265 e. The maximum Gasteiger partial charge on any atom is 0.265 e. The first-order chi connectivity index (χ1) is 12.3. The number of sulfone groups is 1. The number of nitrogens with zero attached hydrogens (tertiary/aromatic N) is 1. The first-order valence-electron chi connectivity index (χ1n) is 8.02. The molecule has 0 aromatic heterocycles. The van der Waals surface area contributed by atoms with E-state index in [1.54, 1.807) is 18.2 Å². The van der Waals surface area contributed by atoms with Crippen molar-refractivity contribution in [3.63, 3.8) is 0 Å². The Kier molecular flexibility index (Phi) is 5.48. The fraction of sp³-hybridized carbons (Fsp3) is 0.211. The fourth-order valence-corrected chi connectivity index (χ4v) is 4.22. The number of anilines is 1. The van der Waals surface area contributed by atoms with Crippen LogP contribution < -0.4 is 9.64 Å². The van der Waals surface area contributed by atoms with Crippen molar-refractivity contribution in [1.82, 2.24) is 0 Å². The van der Waals surface area contributed by atoms with Crippen LogP contribution in [0.2, 0.25) is 0 Å². The van der Waals surface area contributed by atoms with Gasteiger partial charge in [-0.25, -0.2) is 8.42 Å². The third-order valence-electron chi connectivity index (χ3n) is 4.00. The Morgan fingerprint density at radius 2 is 1.81 bits per heavy atom. The minimum atomic E-state index is -3.28. The Hall–Kier alpha value is -2.12. The Balaban J connectivity index is 1.80. The molecule has 1 amide bonds. The van der Waals surface area contributed by atoms with Crippen LogP contribution in [0.15, 0.2) is 64.5 Å². The summed E-state index contributed by atoms with van der Waals surface area (Å²) in [6, 6.07) is 14.0. The molecule has 2 aromatic rings. The van der Waals surface area contributed by atoms with E-state index in [1.165, 1.54) is 10.3 Å². The van der Waals surface area contributed by atoms with Gasteiger partial charge in [-0.15, -0.1) is 0 Å². The van der Waals surface area contributed by atoms with Gasteiger partial charge in [0.05, 0.1) is 11.8 Å². The fourth-order valence-electron chi connectivity index (χ4n) is 2.69. The van der Waals surface area contributed by atoms with Crippen molar-refractivity contribution in [3.05, 3.63) is 70.1 Å². The molecule has 136 valence electrons. The molecule has 1 atom stereocenters. The lowest BCUT2D eigenvalue weighted by Gasteiger charge is -2.27. The van der Waals surface area contributed by atoms with Gasteiger partial charge in [0, 0.05) is 15.6 Å². The predicted molar refractivity (Wildman–Crippen MR) is 105 cm³/mol. The molecular weight excluding hydrogens is 418 g/mol. The third kappa shape index (κ3) is 4.53. The minimum Gasteiger partial charge on any atom is -0.484 e. The van der Waals surface area contributed by atoms with Gasteiger partial charge in [0.1, 0.15) is 5.75 Å². The molecule has 1 aliphatic rings. The van der Waals surface area contributed by atoms with Crippen molar-refractivity contribution in [2.75, 3.05) is 17.3 Å². The molecule has 0 N–H and O–H groups in total. The molecule has 5 nitrogen and oxygen atoms in total. The average Bonchev–Trinajstić information content (AvgIpc) is 2.96. The number of rotatable bonds is 5. The number of carbonyl (C=O) groups excluding carboxylic acids is 1. The summed E-state index contributed by atoms with van der Waals surface area (Å²) >= 11 is 3.35. The van der Waals surface area contributed by atoms with Crippen molar-refractivity contribution in [2.45, 2.75) is 13.0 Å². The lowest BCUT2D eigenvalue weighted by atomic mass is 10.1. The molecule has 0 bridgehead atoms. The van der Waals surface area contributed by atoms with E-state index < -0.39 is 15.9 Å². The SMILES string of the molecule is Cc1ccc(N(C(=O)COc2ccc(Br)cc2)[C@@H]2C=CS(=O)(=O)C2)cc1. The van der Waals surface area contributed by atoms with Gasteiger partial charge in [0.25, 0.3) is 5.91 Å². The number of hydrogen-bond acceptors (Lipinski definition) is 4. The van der Waals surface area contributed by atoms with Gasteiger partial charge in [-0.2, -0.15) is 0 Å². The van der Waals surface area contributed by atoms with Crippen LogP contribution in [0, 0.1) is 6.92 Å². The topological polar surface area (TPSA) is 63.7 Å². The van der Waals surface area contributed by atoms with Gasteiger partial charge in [0.2, 0.25) is 0 Å². The molecule has 0 unspecified atom stereocenters. The molecule has 1 aliphatic heterocycles. The molecular formula is C19H18BrNO4S. The van der Waals surface area contributed by atoms with Crippen LogP contribution in [0.5, 0.6) is 5.75 Å². The molecule has 26 heavy (non-hydrogen) atoms. The van der Waals surface area contributed by atoms with Gasteiger partial charge in [-0.3, -0.25) is 4.79 Å². The highest BCUT2D eigenvalue weighted by atomic mass is 79.9.